The van der Waals surface area contributed by atoms with Gasteiger partial charge >= 0.3 is 0 Å². The third kappa shape index (κ3) is 1.26. The van der Waals surface area contributed by atoms with Crippen LogP contribution < -0.4 is 0 Å². The van der Waals surface area contributed by atoms with E-state index in [-0.39, 0.29) is 0 Å². The highest BCUT2D eigenvalue weighted by Gasteiger charge is 2.21. The second-order valence-corrected chi connectivity index (χ2v) is 7.89. The molecule has 0 aliphatic rings. The maximum absolute atomic E-state index is 2.38. The first kappa shape index (κ1) is 13.1. The standard InChI is InChI=1S/C26H16/c1-13-11-18-9-7-16-5-3-15-4-6-17-8-10-19-12-14(2)20(13)26-24(18)22(16)21(15)23(17)25(19)26/h3-12H,1-2H3. The minimum atomic E-state index is 1.35. The fourth-order valence-corrected chi connectivity index (χ4v) is 5.55. The van der Waals surface area contributed by atoms with Crippen LogP contribution in [0.5, 0.6) is 0 Å². The van der Waals surface area contributed by atoms with E-state index in [1.807, 2.05) is 0 Å². The van der Waals surface area contributed by atoms with Gasteiger partial charge in [-0.2, -0.15) is 0 Å². The predicted molar refractivity (Wildman–Crippen MR) is 115 cm³/mol. The lowest BCUT2D eigenvalue weighted by Crippen LogP contribution is -1.95. The van der Waals surface area contributed by atoms with Gasteiger partial charge in [0.25, 0.3) is 0 Å². The highest BCUT2D eigenvalue weighted by Crippen LogP contribution is 2.49. The molecular formula is C26H16. The van der Waals surface area contributed by atoms with Crippen LogP contribution in [0, 0.1) is 13.8 Å². The zero-order valence-corrected chi connectivity index (χ0v) is 14.8. The molecule has 0 nitrogen and oxygen atoms in total. The molecule has 0 aromatic heterocycles. The Bertz CT molecular complexity index is 1520. The fraction of sp³-hybridized carbons (Fsp3) is 0.0769. The summed E-state index contributed by atoms with van der Waals surface area (Å²) in [5.74, 6) is 0. The zero-order chi connectivity index (χ0) is 17.2. The van der Waals surface area contributed by atoms with E-state index in [1.165, 1.54) is 75.8 Å². The van der Waals surface area contributed by atoms with E-state index in [0.29, 0.717) is 0 Å². The van der Waals surface area contributed by atoms with Crippen LogP contribution in [0.1, 0.15) is 11.1 Å². The number of rotatable bonds is 0. The Morgan fingerprint density at radius 3 is 1.04 bits per heavy atom. The van der Waals surface area contributed by atoms with Crippen molar-refractivity contribution in [3.63, 3.8) is 0 Å². The van der Waals surface area contributed by atoms with Gasteiger partial charge in [-0.1, -0.05) is 60.7 Å². The zero-order valence-electron chi connectivity index (χ0n) is 14.8. The molecule has 0 saturated carbocycles. The summed E-state index contributed by atoms with van der Waals surface area (Å²) in [6.07, 6.45) is 0. The molecule has 0 aliphatic heterocycles. The molecule has 0 N–H and O–H groups in total. The van der Waals surface area contributed by atoms with Crippen LogP contribution in [0.15, 0.2) is 60.7 Å². The van der Waals surface area contributed by atoms with Crippen molar-refractivity contribution in [3.8, 4) is 0 Å². The predicted octanol–water partition coefficient (Wildman–Crippen LogP) is 7.54. The molecule has 0 spiro atoms. The van der Waals surface area contributed by atoms with Gasteiger partial charge < -0.3 is 0 Å². The topological polar surface area (TPSA) is 0 Å². The van der Waals surface area contributed by atoms with Gasteiger partial charge in [-0.25, -0.2) is 0 Å². The van der Waals surface area contributed by atoms with Crippen molar-refractivity contribution in [2.45, 2.75) is 13.8 Å². The van der Waals surface area contributed by atoms with E-state index in [0.717, 1.165) is 0 Å². The minimum absolute atomic E-state index is 1.35. The summed E-state index contributed by atoms with van der Waals surface area (Å²) in [6.45, 7) is 4.53. The van der Waals surface area contributed by atoms with Gasteiger partial charge in [-0.05, 0) is 89.6 Å². The molecule has 0 bridgehead atoms. The Kier molecular flexibility index (Phi) is 2.02. The lowest BCUT2D eigenvalue weighted by molar-refractivity contribution is 1.49. The van der Waals surface area contributed by atoms with Crippen molar-refractivity contribution in [2.75, 3.05) is 0 Å². The van der Waals surface area contributed by atoms with Gasteiger partial charge in [0.1, 0.15) is 0 Å². The summed E-state index contributed by atoms with van der Waals surface area (Å²) in [6, 6.07) is 23.1. The van der Waals surface area contributed by atoms with E-state index < -0.39 is 0 Å². The van der Waals surface area contributed by atoms with Crippen LogP contribution in [-0.4, -0.2) is 0 Å². The van der Waals surface area contributed by atoms with Crippen LogP contribution >= 0.6 is 0 Å². The van der Waals surface area contributed by atoms with Crippen molar-refractivity contribution < 1.29 is 0 Å². The van der Waals surface area contributed by atoms with Crippen molar-refractivity contribution in [1.29, 1.82) is 0 Å². The molecule has 0 atom stereocenters. The molecular weight excluding hydrogens is 312 g/mol. The maximum Gasteiger partial charge on any atom is -0.000854 e. The molecule has 0 amide bonds. The van der Waals surface area contributed by atoms with Crippen LogP contribution in [-0.2, 0) is 0 Å². The molecule has 7 aromatic carbocycles. The Labute approximate surface area is 150 Å². The quantitative estimate of drug-likeness (QED) is 0.199. The normalized spacial score (nSPS) is 13.0. The van der Waals surface area contributed by atoms with Crippen molar-refractivity contribution in [3.05, 3.63) is 71.8 Å². The Morgan fingerprint density at radius 1 is 0.346 bits per heavy atom. The molecule has 7 rings (SSSR count). The molecule has 0 radical (unpaired) electrons. The largest absolute Gasteiger partial charge is 0.0537 e. The molecule has 0 aliphatic carbocycles. The number of hydrogen-bond donors (Lipinski definition) is 0. The molecule has 120 valence electrons. The monoisotopic (exact) mass is 328 g/mol. The van der Waals surface area contributed by atoms with Gasteiger partial charge in [0.2, 0.25) is 0 Å². The molecule has 0 unspecified atom stereocenters. The summed E-state index contributed by atoms with van der Waals surface area (Å²) in [4.78, 5) is 0. The second kappa shape index (κ2) is 3.99. The van der Waals surface area contributed by atoms with Gasteiger partial charge in [-0.15, -0.1) is 0 Å². The van der Waals surface area contributed by atoms with Crippen LogP contribution in [0.3, 0.4) is 0 Å². The van der Waals surface area contributed by atoms with E-state index in [9.17, 15) is 0 Å². The van der Waals surface area contributed by atoms with Gasteiger partial charge in [0, 0.05) is 0 Å². The highest BCUT2D eigenvalue weighted by molar-refractivity contribution is 6.44. The molecule has 0 saturated heterocycles. The van der Waals surface area contributed by atoms with Gasteiger partial charge in [0.05, 0.1) is 0 Å². The summed E-state index contributed by atoms with van der Waals surface area (Å²) < 4.78 is 0. The summed E-state index contributed by atoms with van der Waals surface area (Å²) >= 11 is 0. The average Bonchev–Trinajstić information content (AvgIpc) is 2.66. The Balaban J connectivity index is 2.09. The highest BCUT2D eigenvalue weighted by atomic mass is 14.2. The lowest BCUT2D eigenvalue weighted by Gasteiger charge is -2.22. The first-order valence-corrected chi connectivity index (χ1v) is 9.30. The summed E-state index contributed by atoms with van der Waals surface area (Å²) in [7, 11) is 0. The third-order valence-electron chi connectivity index (χ3n) is 6.50. The molecule has 7 aromatic rings. The van der Waals surface area contributed by atoms with Crippen molar-refractivity contribution in [2.24, 2.45) is 0 Å². The number of aryl methyl sites for hydroxylation is 2. The summed E-state index contributed by atoms with van der Waals surface area (Å²) in [5.41, 5.74) is 2.77. The molecule has 0 heterocycles. The molecule has 0 heteroatoms. The Hall–Kier alpha value is -3.12. The van der Waals surface area contributed by atoms with E-state index >= 15 is 0 Å². The second-order valence-electron chi connectivity index (χ2n) is 7.89. The average molecular weight is 328 g/mol. The van der Waals surface area contributed by atoms with Crippen LogP contribution in [0.25, 0.3) is 64.6 Å². The fourth-order valence-electron chi connectivity index (χ4n) is 5.55. The SMILES string of the molecule is Cc1cc2ccc3ccc4ccc5ccc6cc(C)c1c1c2c3c4c5c61. The van der Waals surface area contributed by atoms with Crippen molar-refractivity contribution in [1.82, 2.24) is 0 Å². The van der Waals surface area contributed by atoms with Gasteiger partial charge in [0.15, 0.2) is 0 Å². The first-order chi connectivity index (χ1) is 12.7. The Morgan fingerprint density at radius 2 is 0.654 bits per heavy atom. The van der Waals surface area contributed by atoms with Crippen LogP contribution in [0.4, 0.5) is 0 Å². The smallest absolute Gasteiger partial charge is 0.000854 e. The van der Waals surface area contributed by atoms with Gasteiger partial charge in [-0.3, -0.25) is 0 Å². The van der Waals surface area contributed by atoms with E-state index in [4.69, 9.17) is 0 Å². The number of benzene rings is 7. The van der Waals surface area contributed by atoms with E-state index in [1.54, 1.807) is 0 Å². The molecule has 26 heavy (non-hydrogen) atoms. The number of hydrogen-bond acceptors (Lipinski definition) is 0. The maximum atomic E-state index is 2.38. The van der Waals surface area contributed by atoms with E-state index in [2.05, 4.69) is 74.5 Å². The summed E-state index contributed by atoms with van der Waals surface area (Å²) in [5, 5.41) is 16.9. The third-order valence-corrected chi connectivity index (χ3v) is 6.50. The minimum Gasteiger partial charge on any atom is -0.0537 e. The first-order valence-electron chi connectivity index (χ1n) is 9.30. The molecule has 0 fully saturated rings. The van der Waals surface area contributed by atoms with Crippen LogP contribution in [0.2, 0.25) is 0 Å². The van der Waals surface area contributed by atoms with Crippen molar-refractivity contribution >= 4 is 64.6 Å². The lowest BCUT2D eigenvalue weighted by atomic mass is 9.81.